The van der Waals surface area contributed by atoms with Crippen molar-refractivity contribution < 1.29 is 4.79 Å². The minimum atomic E-state index is -0.548. The van der Waals surface area contributed by atoms with Crippen molar-refractivity contribution in [3.8, 4) is 0 Å². The maximum absolute atomic E-state index is 13.4. The zero-order valence-electron chi connectivity index (χ0n) is 17.0. The van der Waals surface area contributed by atoms with Gasteiger partial charge in [0.05, 0.1) is 5.57 Å². The molecule has 160 valence electrons. The Hall–Kier alpha value is -2.48. The first-order chi connectivity index (χ1) is 15.0. The summed E-state index contributed by atoms with van der Waals surface area (Å²) in [4.78, 5) is 18.0. The quantitative estimate of drug-likeness (QED) is 0.428. The Balaban J connectivity index is 1.79. The Bertz CT molecular complexity index is 1150. The zero-order chi connectivity index (χ0) is 22.0. The molecule has 1 amide bonds. The van der Waals surface area contributed by atoms with Crippen LogP contribution in [0.5, 0.6) is 0 Å². The lowest BCUT2D eigenvalue weighted by atomic mass is 9.95. The highest BCUT2D eigenvalue weighted by Crippen LogP contribution is 2.40. The van der Waals surface area contributed by atoms with Gasteiger partial charge in [-0.3, -0.25) is 4.79 Å². The lowest BCUT2D eigenvalue weighted by Gasteiger charge is -2.29. The van der Waals surface area contributed by atoms with Gasteiger partial charge in [0, 0.05) is 32.7 Å². The first-order valence-electron chi connectivity index (χ1n) is 9.86. The van der Waals surface area contributed by atoms with Gasteiger partial charge in [-0.2, -0.15) is 4.98 Å². The second-order valence-corrected chi connectivity index (χ2v) is 8.97. The van der Waals surface area contributed by atoms with E-state index in [0.29, 0.717) is 38.1 Å². The van der Waals surface area contributed by atoms with Gasteiger partial charge in [0.2, 0.25) is 11.1 Å². The number of thioether (sulfide) groups is 1. The molecule has 0 spiro atoms. The summed E-state index contributed by atoms with van der Waals surface area (Å²) in [6.45, 7) is 3.96. The fraction of sp³-hybridized carbons (Fsp3) is 0.227. The van der Waals surface area contributed by atoms with E-state index < -0.39 is 6.04 Å². The van der Waals surface area contributed by atoms with Crippen LogP contribution in [-0.4, -0.2) is 26.4 Å². The van der Waals surface area contributed by atoms with Gasteiger partial charge in [0.1, 0.15) is 6.04 Å². The molecular weight excluding hydrogens is 453 g/mol. The molecule has 2 aromatic carbocycles. The molecule has 2 heterocycles. The second kappa shape index (κ2) is 9.34. The molecule has 1 aliphatic rings. The van der Waals surface area contributed by atoms with E-state index in [2.05, 4.69) is 27.6 Å². The van der Waals surface area contributed by atoms with Gasteiger partial charge >= 0.3 is 0 Å². The third kappa shape index (κ3) is 4.59. The van der Waals surface area contributed by atoms with Crippen LogP contribution >= 0.6 is 35.0 Å². The summed E-state index contributed by atoms with van der Waals surface area (Å²) < 4.78 is 1.72. The number of carbonyl (C=O) groups is 1. The van der Waals surface area contributed by atoms with Crippen LogP contribution in [0.15, 0.2) is 65.0 Å². The van der Waals surface area contributed by atoms with Crippen molar-refractivity contribution in [3.63, 3.8) is 0 Å². The molecule has 0 saturated heterocycles. The van der Waals surface area contributed by atoms with Crippen LogP contribution in [0.25, 0.3) is 0 Å². The molecule has 0 radical (unpaired) electrons. The second-order valence-electron chi connectivity index (χ2n) is 7.06. The average Bonchev–Trinajstić information content (AvgIpc) is 3.14. The molecule has 1 aromatic heterocycles. The topological polar surface area (TPSA) is 71.8 Å². The van der Waals surface area contributed by atoms with Crippen molar-refractivity contribution in [2.75, 3.05) is 16.4 Å². The van der Waals surface area contributed by atoms with Crippen LogP contribution in [0.3, 0.4) is 0 Å². The lowest BCUT2D eigenvalue weighted by molar-refractivity contribution is -0.113. The number of hydrogen-bond acceptors (Lipinski definition) is 5. The van der Waals surface area contributed by atoms with Gasteiger partial charge in [-0.05, 0) is 37.6 Å². The van der Waals surface area contributed by atoms with Gasteiger partial charge in [0.15, 0.2) is 0 Å². The molecule has 1 unspecified atom stereocenters. The standard InChI is InChI=1S/C22H21Cl2N5OS/c1-3-11-31-22-27-21-25-13(2)18(20(30)26-15-7-5-4-6-8-15)19(29(21)28-22)16-10-9-14(23)12-17(16)24/h4-10,12,19H,3,11H2,1-2H3,(H,26,30)(H,25,27,28). The number of halogens is 2. The van der Waals surface area contributed by atoms with Gasteiger partial charge < -0.3 is 10.6 Å². The SMILES string of the molecule is CCCSc1nc2n(n1)C(c1ccc(Cl)cc1Cl)C(C(=O)Nc1ccccc1)=C(C)N2. The molecule has 0 bridgehead atoms. The fourth-order valence-electron chi connectivity index (χ4n) is 3.41. The van der Waals surface area contributed by atoms with Gasteiger partial charge in [-0.25, -0.2) is 4.68 Å². The van der Waals surface area contributed by atoms with E-state index in [-0.39, 0.29) is 5.91 Å². The van der Waals surface area contributed by atoms with E-state index in [1.807, 2.05) is 43.3 Å². The number of rotatable bonds is 6. The Morgan fingerprint density at radius 3 is 2.71 bits per heavy atom. The van der Waals surface area contributed by atoms with Crippen LogP contribution in [0.1, 0.15) is 31.9 Å². The lowest BCUT2D eigenvalue weighted by Crippen LogP contribution is -2.31. The summed E-state index contributed by atoms with van der Waals surface area (Å²) in [6, 6.07) is 14.0. The predicted octanol–water partition coefficient (Wildman–Crippen LogP) is 6.01. The molecule has 3 aromatic rings. The molecular formula is C22H21Cl2N5OS. The summed E-state index contributed by atoms with van der Waals surface area (Å²) in [5, 5.41) is 12.5. The zero-order valence-corrected chi connectivity index (χ0v) is 19.4. The van der Waals surface area contributed by atoms with Gasteiger partial charge in [0.25, 0.3) is 5.91 Å². The normalized spacial score (nSPS) is 15.4. The highest BCUT2D eigenvalue weighted by atomic mass is 35.5. The third-order valence-corrected chi connectivity index (χ3v) is 6.41. The molecule has 1 atom stereocenters. The van der Waals surface area contributed by atoms with E-state index >= 15 is 0 Å². The molecule has 6 nitrogen and oxygen atoms in total. The summed E-state index contributed by atoms with van der Waals surface area (Å²) in [5.41, 5.74) is 2.63. The first-order valence-corrected chi connectivity index (χ1v) is 11.6. The van der Waals surface area contributed by atoms with E-state index in [9.17, 15) is 4.79 Å². The van der Waals surface area contributed by atoms with Crippen molar-refractivity contribution in [2.24, 2.45) is 0 Å². The number of allylic oxidation sites excluding steroid dienone is 1. The summed E-state index contributed by atoms with van der Waals surface area (Å²) >= 11 is 14.3. The summed E-state index contributed by atoms with van der Waals surface area (Å²) in [5.74, 6) is 1.24. The highest BCUT2D eigenvalue weighted by Gasteiger charge is 2.35. The molecule has 2 N–H and O–H groups in total. The van der Waals surface area contributed by atoms with E-state index in [1.54, 1.807) is 28.6 Å². The van der Waals surface area contributed by atoms with Crippen LogP contribution in [0.2, 0.25) is 10.0 Å². The molecule has 1 aliphatic heterocycles. The van der Waals surface area contributed by atoms with E-state index in [4.69, 9.17) is 23.2 Å². The Kier molecular flexibility index (Phi) is 6.55. The van der Waals surface area contributed by atoms with Crippen LogP contribution in [-0.2, 0) is 4.79 Å². The van der Waals surface area contributed by atoms with Crippen molar-refractivity contribution in [1.29, 1.82) is 0 Å². The van der Waals surface area contributed by atoms with Crippen molar-refractivity contribution in [3.05, 3.63) is 75.4 Å². The molecule has 31 heavy (non-hydrogen) atoms. The minimum Gasteiger partial charge on any atom is -0.328 e. The largest absolute Gasteiger partial charge is 0.328 e. The van der Waals surface area contributed by atoms with Crippen molar-refractivity contribution >= 4 is 52.5 Å². The molecule has 9 heteroatoms. The number of benzene rings is 2. The van der Waals surface area contributed by atoms with Gasteiger partial charge in [-0.1, -0.05) is 66.2 Å². The van der Waals surface area contributed by atoms with Crippen LogP contribution in [0.4, 0.5) is 11.6 Å². The molecule has 0 aliphatic carbocycles. The first kappa shape index (κ1) is 21.7. The molecule has 0 saturated carbocycles. The van der Waals surface area contributed by atoms with Crippen molar-refractivity contribution in [2.45, 2.75) is 31.5 Å². The number of amides is 1. The van der Waals surface area contributed by atoms with E-state index in [0.717, 1.165) is 17.7 Å². The highest BCUT2D eigenvalue weighted by molar-refractivity contribution is 7.99. The average molecular weight is 474 g/mol. The molecule has 4 rings (SSSR count). The maximum Gasteiger partial charge on any atom is 0.255 e. The number of anilines is 2. The maximum atomic E-state index is 13.4. The number of fused-ring (bicyclic) bond motifs is 1. The van der Waals surface area contributed by atoms with Gasteiger partial charge in [-0.15, -0.1) is 5.10 Å². The Labute approximate surface area is 195 Å². The van der Waals surface area contributed by atoms with Crippen LogP contribution < -0.4 is 10.6 Å². The number of hydrogen-bond donors (Lipinski definition) is 2. The Morgan fingerprint density at radius 2 is 2.00 bits per heavy atom. The minimum absolute atomic E-state index is 0.240. The fourth-order valence-corrected chi connectivity index (χ4v) is 4.61. The number of nitrogens with zero attached hydrogens (tertiary/aromatic N) is 3. The number of aromatic nitrogens is 3. The monoisotopic (exact) mass is 473 g/mol. The smallest absolute Gasteiger partial charge is 0.255 e. The number of para-hydroxylation sites is 1. The van der Waals surface area contributed by atoms with Crippen molar-refractivity contribution in [1.82, 2.24) is 14.8 Å². The molecule has 0 fully saturated rings. The van der Waals surface area contributed by atoms with E-state index in [1.165, 1.54) is 0 Å². The number of carbonyl (C=O) groups excluding carboxylic acids is 1. The predicted molar refractivity (Wildman–Crippen MR) is 127 cm³/mol. The summed E-state index contributed by atoms with van der Waals surface area (Å²) in [6.07, 6.45) is 1.01. The Morgan fingerprint density at radius 1 is 1.23 bits per heavy atom. The third-order valence-electron chi connectivity index (χ3n) is 4.80. The number of nitrogens with one attached hydrogen (secondary N) is 2. The summed E-state index contributed by atoms with van der Waals surface area (Å²) in [7, 11) is 0. The van der Waals surface area contributed by atoms with Crippen LogP contribution in [0, 0.1) is 0 Å².